The lowest BCUT2D eigenvalue weighted by atomic mass is 10.1. The fourth-order valence-corrected chi connectivity index (χ4v) is 3.58. The molecule has 1 aromatic heterocycles. The van der Waals surface area contributed by atoms with Crippen molar-refractivity contribution in [3.63, 3.8) is 0 Å². The molecule has 0 radical (unpaired) electrons. The van der Waals surface area contributed by atoms with Crippen LogP contribution in [0.3, 0.4) is 0 Å². The first kappa shape index (κ1) is 20.8. The van der Waals surface area contributed by atoms with Gasteiger partial charge < -0.3 is 24.1 Å². The quantitative estimate of drug-likeness (QED) is 0.634. The van der Waals surface area contributed by atoms with E-state index in [9.17, 15) is 4.79 Å². The molecule has 0 saturated carbocycles. The molecule has 1 atom stereocenters. The molecule has 1 N–H and O–H groups in total. The second kappa shape index (κ2) is 10.0. The maximum absolute atomic E-state index is 13.1. The molecule has 1 aromatic carbocycles. The van der Waals surface area contributed by atoms with Crippen LogP contribution in [0.2, 0.25) is 0 Å². The molecule has 1 aliphatic heterocycles. The molecule has 2 aromatic rings. The average molecular weight is 389 g/mol. The van der Waals surface area contributed by atoms with Gasteiger partial charge >= 0.3 is 0 Å². The van der Waals surface area contributed by atoms with E-state index in [0.29, 0.717) is 26.3 Å². The fourth-order valence-electron chi connectivity index (χ4n) is 3.58. The van der Waals surface area contributed by atoms with E-state index in [-0.39, 0.29) is 17.8 Å². The molecule has 0 spiro atoms. The molecule has 1 unspecified atom stereocenters. The largest absolute Gasteiger partial charge is 0.491 e. The van der Waals surface area contributed by atoms with Gasteiger partial charge in [-0.25, -0.2) is 0 Å². The topological polar surface area (TPSA) is 61.7 Å². The van der Waals surface area contributed by atoms with Gasteiger partial charge in [-0.05, 0) is 57.2 Å². The number of nitrogens with one attached hydrogen (secondary N) is 1. The van der Waals surface area contributed by atoms with Crippen molar-refractivity contribution in [2.45, 2.75) is 58.9 Å². The first-order valence-corrected chi connectivity index (χ1v) is 10.3. The van der Waals surface area contributed by atoms with Crippen molar-refractivity contribution in [3.05, 3.63) is 40.2 Å². The maximum Gasteiger partial charge on any atom is 0.255 e. The summed E-state index contributed by atoms with van der Waals surface area (Å²) >= 11 is 0. The van der Waals surface area contributed by atoms with Crippen molar-refractivity contribution in [1.29, 1.82) is 0 Å². The summed E-state index contributed by atoms with van der Waals surface area (Å²) in [5.41, 5.74) is 1.67. The smallest absolute Gasteiger partial charge is 0.255 e. The molecule has 154 valence electrons. The number of aromatic nitrogens is 1. The van der Waals surface area contributed by atoms with E-state index in [2.05, 4.69) is 5.32 Å². The van der Waals surface area contributed by atoms with Crippen molar-refractivity contribution < 1.29 is 14.2 Å². The zero-order chi connectivity index (χ0) is 19.9. The predicted octanol–water partition coefficient (Wildman–Crippen LogP) is 3.09. The zero-order valence-corrected chi connectivity index (χ0v) is 17.2. The lowest BCUT2D eigenvalue weighted by Crippen LogP contribution is -2.31. The lowest BCUT2D eigenvalue weighted by molar-refractivity contribution is 0.110. The van der Waals surface area contributed by atoms with Gasteiger partial charge in [0, 0.05) is 44.5 Å². The minimum atomic E-state index is 0.0220. The van der Waals surface area contributed by atoms with Crippen LogP contribution in [0.1, 0.15) is 39.2 Å². The molecule has 1 saturated heterocycles. The number of rotatable bonds is 10. The number of hydrogen-bond acceptors (Lipinski definition) is 5. The average Bonchev–Trinajstić information content (AvgIpc) is 3.17. The summed E-state index contributed by atoms with van der Waals surface area (Å²) in [6, 6.07) is 7.92. The molecule has 2 heterocycles. The summed E-state index contributed by atoms with van der Waals surface area (Å²) in [4.78, 5) is 13.1. The lowest BCUT2D eigenvalue weighted by Gasteiger charge is -2.16. The van der Waals surface area contributed by atoms with Crippen molar-refractivity contribution >= 4 is 10.9 Å². The van der Waals surface area contributed by atoms with E-state index in [1.807, 2.05) is 45.0 Å². The van der Waals surface area contributed by atoms with Crippen LogP contribution in [0.5, 0.6) is 5.75 Å². The van der Waals surface area contributed by atoms with E-state index in [0.717, 1.165) is 48.2 Å². The van der Waals surface area contributed by atoms with E-state index in [4.69, 9.17) is 14.2 Å². The van der Waals surface area contributed by atoms with Gasteiger partial charge in [0.2, 0.25) is 0 Å². The summed E-state index contributed by atoms with van der Waals surface area (Å²) in [5.74, 6) is 0.774. The third-order valence-electron chi connectivity index (χ3n) is 4.89. The highest BCUT2D eigenvalue weighted by atomic mass is 16.5. The number of pyridine rings is 1. The van der Waals surface area contributed by atoms with Gasteiger partial charge in [0.05, 0.1) is 24.3 Å². The van der Waals surface area contributed by atoms with Crippen LogP contribution in [0, 0.1) is 0 Å². The van der Waals surface area contributed by atoms with Crippen molar-refractivity contribution in [1.82, 2.24) is 9.88 Å². The minimum absolute atomic E-state index is 0.0220. The second-order valence-electron chi connectivity index (χ2n) is 7.48. The van der Waals surface area contributed by atoms with Gasteiger partial charge in [0.25, 0.3) is 5.56 Å². The van der Waals surface area contributed by atoms with E-state index < -0.39 is 0 Å². The Morgan fingerprint density at radius 2 is 2.18 bits per heavy atom. The highest BCUT2D eigenvalue weighted by Crippen LogP contribution is 2.22. The predicted molar refractivity (Wildman–Crippen MR) is 111 cm³/mol. The number of benzene rings is 1. The van der Waals surface area contributed by atoms with Crippen LogP contribution in [0.15, 0.2) is 29.1 Å². The second-order valence-corrected chi connectivity index (χ2v) is 7.48. The highest BCUT2D eigenvalue weighted by Gasteiger charge is 2.16. The molecular formula is C22H32N2O4. The number of hydrogen-bond donors (Lipinski definition) is 1. The summed E-state index contributed by atoms with van der Waals surface area (Å²) in [5, 5.41) is 4.42. The van der Waals surface area contributed by atoms with Gasteiger partial charge in [0.15, 0.2) is 0 Å². The highest BCUT2D eigenvalue weighted by molar-refractivity contribution is 5.81. The van der Waals surface area contributed by atoms with Crippen molar-refractivity contribution in [2.24, 2.45) is 0 Å². The molecular weight excluding hydrogens is 356 g/mol. The van der Waals surface area contributed by atoms with Gasteiger partial charge in [-0.15, -0.1) is 0 Å². The molecule has 6 heteroatoms. The monoisotopic (exact) mass is 388 g/mol. The molecule has 6 nitrogen and oxygen atoms in total. The van der Waals surface area contributed by atoms with Gasteiger partial charge in [-0.1, -0.05) is 0 Å². The Morgan fingerprint density at radius 3 is 2.89 bits per heavy atom. The first-order chi connectivity index (χ1) is 13.6. The molecule has 0 bridgehead atoms. The molecule has 1 aliphatic rings. The Labute approximate surface area is 166 Å². The van der Waals surface area contributed by atoms with Gasteiger partial charge in [0.1, 0.15) is 5.75 Å². The van der Waals surface area contributed by atoms with Crippen LogP contribution in [-0.2, 0) is 22.6 Å². The Bertz CT molecular complexity index is 825. The Balaban J connectivity index is 1.86. The summed E-state index contributed by atoms with van der Waals surface area (Å²) < 4.78 is 18.8. The normalized spacial score (nSPS) is 16.9. The Hall–Kier alpha value is -1.89. The van der Waals surface area contributed by atoms with Crippen molar-refractivity contribution in [2.75, 3.05) is 26.4 Å². The first-order valence-electron chi connectivity index (χ1n) is 10.3. The standard InChI is InChI=1S/C22H32N2O4/c1-4-26-11-9-24-21-13-19(28-16(2)3)8-7-17(21)12-18(22(24)25)14-23-15-20-6-5-10-27-20/h7-8,12-13,16,20,23H,4-6,9-11,14-15H2,1-3H3. The molecule has 28 heavy (non-hydrogen) atoms. The minimum Gasteiger partial charge on any atom is -0.491 e. The van der Waals surface area contributed by atoms with E-state index in [1.165, 1.54) is 0 Å². The van der Waals surface area contributed by atoms with Gasteiger partial charge in [-0.3, -0.25) is 4.79 Å². The summed E-state index contributed by atoms with van der Waals surface area (Å²) in [6.07, 6.45) is 2.55. The van der Waals surface area contributed by atoms with E-state index >= 15 is 0 Å². The van der Waals surface area contributed by atoms with Crippen LogP contribution < -0.4 is 15.6 Å². The zero-order valence-electron chi connectivity index (χ0n) is 17.2. The summed E-state index contributed by atoms with van der Waals surface area (Å²) in [6.45, 7) is 9.77. The molecule has 0 amide bonds. The number of ether oxygens (including phenoxy) is 3. The molecule has 1 fully saturated rings. The fraction of sp³-hybridized carbons (Fsp3) is 0.591. The van der Waals surface area contributed by atoms with Crippen LogP contribution >= 0.6 is 0 Å². The van der Waals surface area contributed by atoms with Crippen LogP contribution in [-0.4, -0.2) is 43.1 Å². The third kappa shape index (κ3) is 5.34. The SMILES string of the molecule is CCOCCn1c(=O)c(CNCC2CCCO2)cc2ccc(OC(C)C)cc21. The Morgan fingerprint density at radius 1 is 1.32 bits per heavy atom. The van der Waals surface area contributed by atoms with Crippen LogP contribution in [0.25, 0.3) is 10.9 Å². The van der Waals surface area contributed by atoms with E-state index in [1.54, 1.807) is 4.57 Å². The molecule has 3 rings (SSSR count). The third-order valence-corrected chi connectivity index (χ3v) is 4.89. The summed E-state index contributed by atoms with van der Waals surface area (Å²) in [7, 11) is 0. The molecule has 0 aliphatic carbocycles. The van der Waals surface area contributed by atoms with Crippen LogP contribution in [0.4, 0.5) is 0 Å². The Kier molecular flexibility index (Phi) is 7.48. The number of nitrogens with zero attached hydrogens (tertiary/aromatic N) is 1. The maximum atomic E-state index is 13.1. The number of fused-ring (bicyclic) bond motifs is 1. The van der Waals surface area contributed by atoms with Gasteiger partial charge in [-0.2, -0.15) is 0 Å². The van der Waals surface area contributed by atoms with Crippen molar-refractivity contribution in [3.8, 4) is 5.75 Å².